The van der Waals surface area contributed by atoms with E-state index in [0.717, 1.165) is 17.4 Å². The summed E-state index contributed by atoms with van der Waals surface area (Å²) in [6.45, 7) is 3.89. The molecule has 2 aromatic carbocycles. The Morgan fingerprint density at radius 3 is 2.15 bits per heavy atom. The summed E-state index contributed by atoms with van der Waals surface area (Å²) in [6.07, 6.45) is 1.19. The van der Waals surface area contributed by atoms with Gasteiger partial charge >= 0.3 is 0 Å². The molecule has 0 bridgehead atoms. The van der Waals surface area contributed by atoms with E-state index in [-0.39, 0.29) is 18.9 Å². The van der Waals surface area contributed by atoms with Gasteiger partial charge in [0, 0.05) is 18.7 Å². The summed E-state index contributed by atoms with van der Waals surface area (Å²) in [5.41, 5.74) is 3.14. The molecule has 0 saturated heterocycles. The van der Waals surface area contributed by atoms with Gasteiger partial charge in [0.2, 0.25) is 15.9 Å². The summed E-state index contributed by atoms with van der Waals surface area (Å²) in [5, 5.41) is 2.76. The number of benzene rings is 2. The third-order valence-electron chi connectivity index (χ3n) is 3.81. The van der Waals surface area contributed by atoms with Crippen molar-refractivity contribution in [2.75, 3.05) is 29.5 Å². The molecule has 1 amide bonds. The molecule has 0 atom stereocenters. The maximum atomic E-state index is 12.2. The van der Waals surface area contributed by atoms with E-state index in [1.54, 1.807) is 43.5 Å². The number of carbonyl (C=O) groups is 1. The predicted octanol–water partition coefficient (Wildman–Crippen LogP) is 3.11. The first-order chi connectivity index (χ1) is 12.2. The van der Waals surface area contributed by atoms with Crippen molar-refractivity contribution in [2.45, 2.75) is 20.3 Å². The van der Waals surface area contributed by atoms with Gasteiger partial charge in [-0.2, -0.15) is 0 Å². The molecule has 140 valence electrons. The number of hydrogen-bond acceptors (Lipinski definition) is 4. The number of amides is 1. The Morgan fingerprint density at radius 1 is 1.08 bits per heavy atom. The topological polar surface area (TPSA) is 75.7 Å². The normalized spacial score (nSPS) is 11.1. The van der Waals surface area contributed by atoms with Crippen LogP contribution >= 0.6 is 0 Å². The van der Waals surface area contributed by atoms with Crippen molar-refractivity contribution in [3.8, 4) is 5.75 Å². The number of hydrogen-bond donors (Lipinski definition) is 1. The molecule has 0 unspecified atom stereocenters. The quantitative estimate of drug-likeness (QED) is 0.806. The van der Waals surface area contributed by atoms with Gasteiger partial charge in [-0.25, -0.2) is 8.42 Å². The fraction of sp³-hybridized carbons (Fsp3) is 0.316. The summed E-state index contributed by atoms with van der Waals surface area (Å²) < 4.78 is 30.7. The molecule has 0 heterocycles. The molecule has 0 saturated carbocycles. The number of methoxy groups -OCH3 is 1. The molecule has 7 heteroatoms. The van der Waals surface area contributed by atoms with E-state index in [4.69, 9.17) is 4.74 Å². The lowest BCUT2D eigenvalue weighted by molar-refractivity contribution is -0.116. The lowest BCUT2D eigenvalue weighted by Gasteiger charge is -2.23. The maximum absolute atomic E-state index is 12.2. The van der Waals surface area contributed by atoms with Gasteiger partial charge in [-0.1, -0.05) is 6.07 Å². The Bertz CT molecular complexity index is 857. The smallest absolute Gasteiger partial charge is 0.232 e. The van der Waals surface area contributed by atoms with Crippen molar-refractivity contribution >= 4 is 27.3 Å². The molecule has 26 heavy (non-hydrogen) atoms. The van der Waals surface area contributed by atoms with Crippen LogP contribution in [0.1, 0.15) is 17.5 Å². The lowest BCUT2D eigenvalue weighted by atomic mass is 10.1. The number of ether oxygens (including phenoxy) is 1. The monoisotopic (exact) mass is 376 g/mol. The number of nitrogens with zero attached hydrogens (tertiary/aromatic N) is 1. The van der Waals surface area contributed by atoms with Crippen LogP contribution in [0.5, 0.6) is 5.75 Å². The van der Waals surface area contributed by atoms with Crippen LogP contribution in [0.15, 0.2) is 42.5 Å². The molecular weight excluding hydrogens is 352 g/mol. The van der Waals surface area contributed by atoms with Crippen LogP contribution in [0.25, 0.3) is 0 Å². The average Bonchev–Trinajstić information content (AvgIpc) is 2.53. The van der Waals surface area contributed by atoms with Crippen molar-refractivity contribution < 1.29 is 17.9 Å². The minimum atomic E-state index is -3.49. The van der Waals surface area contributed by atoms with Crippen LogP contribution in [0.4, 0.5) is 11.4 Å². The Kier molecular flexibility index (Phi) is 6.26. The van der Waals surface area contributed by atoms with Gasteiger partial charge in [0.1, 0.15) is 5.75 Å². The van der Waals surface area contributed by atoms with Crippen LogP contribution in [0, 0.1) is 13.8 Å². The molecule has 2 aromatic rings. The Hall–Kier alpha value is -2.54. The van der Waals surface area contributed by atoms with E-state index in [9.17, 15) is 13.2 Å². The third kappa shape index (κ3) is 5.49. The second kappa shape index (κ2) is 8.23. The molecule has 0 aliphatic rings. The van der Waals surface area contributed by atoms with Gasteiger partial charge in [0.05, 0.1) is 19.1 Å². The maximum Gasteiger partial charge on any atom is 0.232 e. The van der Waals surface area contributed by atoms with E-state index in [2.05, 4.69) is 5.32 Å². The minimum Gasteiger partial charge on any atom is -0.497 e. The van der Waals surface area contributed by atoms with E-state index < -0.39 is 10.0 Å². The van der Waals surface area contributed by atoms with Crippen LogP contribution in [0.3, 0.4) is 0 Å². The molecular formula is C19H24N2O4S. The van der Waals surface area contributed by atoms with Crippen LogP contribution < -0.4 is 14.4 Å². The second-order valence-corrected chi connectivity index (χ2v) is 8.11. The standard InChI is InChI=1S/C19H24N2O4S/c1-14-11-15(2)13-17(12-14)21(26(4,23)24)10-9-19(22)20-16-5-7-18(25-3)8-6-16/h5-8,11-13H,9-10H2,1-4H3,(H,20,22). The number of sulfonamides is 1. The van der Waals surface area contributed by atoms with E-state index in [0.29, 0.717) is 17.1 Å². The highest BCUT2D eigenvalue weighted by molar-refractivity contribution is 7.92. The van der Waals surface area contributed by atoms with Crippen molar-refractivity contribution in [3.05, 3.63) is 53.6 Å². The summed E-state index contributed by atoms with van der Waals surface area (Å²) in [5.74, 6) is 0.439. The summed E-state index contributed by atoms with van der Waals surface area (Å²) in [7, 11) is -1.92. The highest BCUT2D eigenvalue weighted by atomic mass is 32.2. The second-order valence-electron chi connectivity index (χ2n) is 6.21. The number of nitrogens with one attached hydrogen (secondary N) is 1. The van der Waals surface area contributed by atoms with Crippen LogP contribution in [0.2, 0.25) is 0 Å². The van der Waals surface area contributed by atoms with Gasteiger partial charge in [0.25, 0.3) is 0 Å². The number of anilines is 2. The zero-order valence-electron chi connectivity index (χ0n) is 15.4. The lowest BCUT2D eigenvalue weighted by Crippen LogP contribution is -2.33. The molecule has 1 N–H and O–H groups in total. The van der Waals surface area contributed by atoms with Gasteiger partial charge in [-0.3, -0.25) is 9.10 Å². The summed E-state index contributed by atoms with van der Waals surface area (Å²) in [6, 6.07) is 12.5. The molecule has 6 nitrogen and oxygen atoms in total. The highest BCUT2D eigenvalue weighted by Crippen LogP contribution is 2.22. The van der Waals surface area contributed by atoms with Crippen molar-refractivity contribution in [3.63, 3.8) is 0 Å². The first kappa shape index (κ1) is 19.8. The van der Waals surface area contributed by atoms with Gasteiger partial charge in [-0.05, 0) is 61.4 Å². The predicted molar refractivity (Wildman–Crippen MR) is 104 cm³/mol. The van der Waals surface area contributed by atoms with Gasteiger partial charge in [-0.15, -0.1) is 0 Å². The van der Waals surface area contributed by atoms with E-state index in [1.165, 1.54) is 4.31 Å². The van der Waals surface area contributed by atoms with Gasteiger partial charge in [0.15, 0.2) is 0 Å². The van der Waals surface area contributed by atoms with E-state index in [1.807, 2.05) is 19.9 Å². The fourth-order valence-corrected chi connectivity index (χ4v) is 3.59. The first-order valence-electron chi connectivity index (χ1n) is 8.19. The Labute approximate surface area is 154 Å². The molecule has 0 aliphatic heterocycles. The Morgan fingerprint density at radius 2 is 1.65 bits per heavy atom. The first-order valence-corrected chi connectivity index (χ1v) is 10.0. The number of aryl methyl sites for hydroxylation is 2. The van der Waals surface area contributed by atoms with Crippen molar-refractivity contribution in [1.82, 2.24) is 0 Å². The molecule has 0 fully saturated rings. The SMILES string of the molecule is COc1ccc(NC(=O)CCN(c2cc(C)cc(C)c2)S(C)(=O)=O)cc1. The largest absolute Gasteiger partial charge is 0.497 e. The fourth-order valence-electron chi connectivity index (χ4n) is 2.68. The number of carbonyl (C=O) groups excluding carboxylic acids is 1. The van der Waals surface area contributed by atoms with Crippen LogP contribution in [-0.4, -0.2) is 34.2 Å². The summed E-state index contributed by atoms with van der Waals surface area (Å²) in [4.78, 5) is 12.2. The molecule has 0 aromatic heterocycles. The van der Waals surface area contributed by atoms with Crippen LogP contribution in [-0.2, 0) is 14.8 Å². The molecule has 0 aliphatic carbocycles. The zero-order chi connectivity index (χ0) is 19.3. The van der Waals surface area contributed by atoms with Crippen molar-refractivity contribution in [2.24, 2.45) is 0 Å². The van der Waals surface area contributed by atoms with Gasteiger partial charge < -0.3 is 10.1 Å². The summed E-state index contributed by atoms with van der Waals surface area (Å²) >= 11 is 0. The third-order valence-corrected chi connectivity index (χ3v) is 5.00. The molecule has 0 radical (unpaired) electrons. The minimum absolute atomic E-state index is 0.0477. The molecule has 0 spiro atoms. The zero-order valence-corrected chi connectivity index (χ0v) is 16.3. The number of rotatable bonds is 7. The highest BCUT2D eigenvalue weighted by Gasteiger charge is 2.19. The molecule has 2 rings (SSSR count). The van der Waals surface area contributed by atoms with Crippen molar-refractivity contribution in [1.29, 1.82) is 0 Å². The van der Waals surface area contributed by atoms with E-state index >= 15 is 0 Å². The Balaban J connectivity index is 2.08. The average molecular weight is 376 g/mol.